The zero-order valence-electron chi connectivity index (χ0n) is 12.6. The van der Waals surface area contributed by atoms with Gasteiger partial charge in [-0.3, -0.25) is 4.79 Å². The summed E-state index contributed by atoms with van der Waals surface area (Å²) in [5, 5.41) is 2.66. The summed E-state index contributed by atoms with van der Waals surface area (Å²) in [6.45, 7) is 7.10. The van der Waals surface area contributed by atoms with E-state index in [-0.39, 0.29) is 18.5 Å². The van der Waals surface area contributed by atoms with Crippen molar-refractivity contribution in [1.82, 2.24) is 9.88 Å². The second kappa shape index (κ2) is 5.47. The van der Waals surface area contributed by atoms with E-state index in [9.17, 15) is 13.2 Å². The second-order valence-electron chi connectivity index (χ2n) is 5.87. The average Bonchev–Trinajstić information content (AvgIpc) is 2.67. The summed E-state index contributed by atoms with van der Waals surface area (Å²) >= 11 is 0. The number of hydrogen-bond donors (Lipinski definition) is 2. The van der Waals surface area contributed by atoms with E-state index in [0.717, 1.165) is 6.26 Å². The van der Waals surface area contributed by atoms with Crippen LogP contribution in [0.15, 0.2) is 12.3 Å². The normalized spacial score (nSPS) is 12.7. The number of nitrogens with zero attached hydrogens (tertiary/aromatic N) is 1. The molecule has 0 radical (unpaired) electrons. The number of hydrogen-bond acceptors (Lipinski definition) is 4. The number of sulfone groups is 1. The molecule has 3 N–H and O–H groups in total. The molecule has 20 heavy (non-hydrogen) atoms. The SMILES string of the molecule is CC(C)n1cc(N)cc1C(=O)NCC(C)(C)S(C)(=O)=O. The standard InChI is InChI=1S/C13H23N3O3S/c1-9(2)16-7-10(14)6-11(16)12(17)15-8-13(3,4)20(5,18)19/h6-7,9H,8,14H2,1-5H3,(H,15,17). The Hall–Kier alpha value is -1.50. The van der Waals surface area contributed by atoms with Crippen molar-refractivity contribution >= 4 is 21.4 Å². The number of nitrogen functional groups attached to an aromatic ring is 1. The fraction of sp³-hybridized carbons (Fsp3) is 0.615. The summed E-state index contributed by atoms with van der Waals surface area (Å²) in [6, 6.07) is 1.68. The lowest BCUT2D eigenvalue weighted by molar-refractivity contribution is 0.0940. The Morgan fingerprint density at radius 2 is 2.00 bits per heavy atom. The van der Waals surface area contributed by atoms with Gasteiger partial charge in [-0.25, -0.2) is 8.42 Å². The van der Waals surface area contributed by atoms with E-state index < -0.39 is 14.6 Å². The summed E-state index contributed by atoms with van der Waals surface area (Å²) < 4.78 is 24.0. The molecule has 0 aliphatic heterocycles. The molecule has 0 aliphatic rings. The van der Waals surface area contributed by atoms with E-state index in [1.807, 2.05) is 13.8 Å². The van der Waals surface area contributed by atoms with Crippen LogP contribution in [0.25, 0.3) is 0 Å². The first kappa shape index (κ1) is 16.6. The van der Waals surface area contributed by atoms with Gasteiger partial charge in [-0.2, -0.15) is 0 Å². The minimum absolute atomic E-state index is 0.0495. The molecule has 0 saturated carbocycles. The van der Waals surface area contributed by atoms with Gasteiger partial charge in [0, 0.05) is 25.0 Å². The topological polar surface area (TPSA) is 94.2 Å². The van der Waals surface area contributed by atoms with Crippen LogP contribution in [0.2, 0.25) is 0 Å². The van der Waals surface area contributed by atoms with Crippen molar-refractivity contribution in [1.29, 1.82) is 0 Å². The molecule has 1 aromatic rings. The highest BCUT2D eigenvalue weighted by Gasteiger charge is 2.31. The van der Waals surface area contributed by atoms with Crippen LogP contribution in [-0.4, -0.2) is 36.4 Å². The summed E-state index contributed by atoms with van der Waals surface area (Å²) in [5.41, 5.74) is 6.65. The number of amides is 1. The molecular formula is C13H23N3O3S. The van der Waals surface area contributed by atoms with Crippen molar-refractivity contribution in [3.8, 4) is 0 Å². The zero-order valence-corrected chi connectivity index (χ0v) is 13.4. The first-order chi connectivity index (χ1) is 8.95. The van der Waals surface area contributed by atoms with Crippen LogP contribution < -0.4 is 11.1 Å². The molecule has 1 aromatic heterocycles. The lowest BCUT2D eigenvalue weighted by Crippen LogP contribution is -2.44. The maximum Gasteiger partial charge on any atom is 0.268 e. The number of nitrogens with one attached hydrogen (secondary N) is 1. The minimum Gasteiger partial charge on any atom is -0.397 e. The number of carbonyl (C=O) groups excluding carboxylic acids is 1. The van der Waals surface area contributed by atoms with Crippen LogP contribution in [0.5, 0.6) is 0 Å². The number of nitrogens with two attached hydrogens (primary N) is 1. The fourth-order valence-electron chi connectivity index (χ4n) is 1.62. The molecule has 1 rings (SSSR count). The van der Waals surface area contributed by atoms with Gasteiger partial charge in [0.2, 0.25) is 0 Å². The van der Waals surface area contributed by atoms with Crippen LogP contribution in [0, 0.1) is 0 Å². The van der Waals surface area contributed by atoms with E-state index in [0.29, 0.717) is 11.4 Å². The predicted octanol–water partition coefficient (Wildman–Crippen LogP) is 1.20. The van der Waals surface area contributed by atoms with Gasteiger partial charge in [0.05, 0.1) is 10.4 Å². The molecule has 0 saturated heterocycles. The van der Waals surface area contributed by atoms with Crippen LogP contribution >= 0.6 is 0 Å². The van der Waals surface area contributed by atoms with E-state index in [4.69, 9.17) is 5.73 Å². The molecule has 1 amide bonds. The van der Waals surface area contributed by atoms with Gasteiger partial charge in [-0.15, -0.1) is 0 Å². The smallest absolute Gasteiger partial charge is 0.268 e. The molecule has 1 heterocycles. The second-order valence-corrected chi connectivity index (χ2v) is 8.52. The predicted molar refractivity (Wildman–Crippen MR) is 80.5 cm³/mol. The van der Waals surface area contributed by atoms with Gasteiger partial charge in [0.15, 0.2) is 9.84 Å². The Bertz CT molecular complexity index is 600. The van der Waals surface area contributed by atoms with Gasteiger partial charge >= 0.3 is 0 Å². The lowest BCUT2D eigenvalue weighted by Gasteiger charge is -2.23. The largest absolute Gasteiger partial charge is 0.397 e. The van der Waals surface area contributed by atoms with E-state index in [1.54, 1.807) is 30.7 Å². The molecule has 0 aliphatic carbocycles. The Morgan fingerprint density at radius 1 is 1.45 bits per heavy atom. The monoisotopic (exact) mass is 301 g/mol. The molecule has 114 valence electrons. The van der Waals surface area contributed by atoms with Crippen LogP contribution in [0.4, 0.5) is 5.69 Å². The summed E-state index contributed by atoms with van der Waals surface area (Å²) in [6.07, 6.45) is 2.86. The van der Waals surface area contributed by atoms with Crippen LogP contribution in [-0.2, 0) is 9.84 Å². The number of aromatic nitrogens is 1. The summed E-state index contributed by atoms with van der Waals surface area (Å²) in [4.78, 5) is 12.2. The third-order valence-corrected chi connectivity index (χ3v) is 5.49. The van der Waals surface area contributed by atoms with Crippen molar-refractivity contribution < 1.29 is 13.2 Å². The van der Waals surface area contributed by atoms with E-state index >= 15 is 0 Å². The van der Waals surface area contributed by atoms with Crippen molar-refractivity contribution in [3.05, 3.63) is 18.0 Å². The van der Waals surface area contributed by atoms with Crippen molar-refractivity contribution in [2.75, 3.05) is 18.5 Å². The van der Waals surface area contributed by atoms with Gasteiger partial charge in [-0.1, -0.05) is 0 Å². The van der Waals surface area contributed by atoms with E-state index in [1.165, 1.54) is 0 Å². The van der Waals surface area contributed by atoms with Crippen molar-refractivity contribution in [2.24, 2.45) is 0 Å². The Labute approximate surface area is 120 Å². The third kappa shape index (κ3) is 3.53. The number of carbonyl (C=O) groups is 1. The molecule has 0 bridgehead atoms. The van der Waals surface area contributed by atoms with Gasteiger partial charge < -0.3 is 15.6 Å². The average molecular weight is 301 g/mol. The highest BCUT2D eigenvalue weighted by atomic mass is 32.2. The first-order valence-corrected chi connectivity index (χ1v) is 8.30. The van der Waals surface area contributed by atoms with Crippen LogP contribution in [0.1, 0.15) is 44.2 Å². The van der Waals surface area contributed by atoms with Crippen LogP contribution in [0.3, 0.4) is 0 Å². The molecule has 6 nitrogen and oxygen atoms in total. The van der Waals surface area contributed by atoms with Gasteiger partial charge in [0.25, 0.3) is 5.91 Å². The van der Waals surface area contributed by atoms with Crippen molar-refractivity contribution in [3.63, 3.8) is 0 Å². The highest BCUT2D eigenvalue weighted by molar-refractivity contribution is 7.92. The molecule has 0 spiro atoms. The minimum atomic E-state index is -3.25. The maximum absolute atomic E-state index is 12.2. The molecule has 0 atom stereocenters. The highest BCUT2D eigenvalue weighted by Crippen LogP contribution is 2.17. The van der Waals surface area contributed by atoms with Gasteiger partial charge in [-0.05, 0) is 33.8 Å². The van der Waals surface area contributed by atoms with Crippen molar-refractivity contribution in [2.45, 2.75) is 38.5 Å². The molecule has 0 fully saturated rings. The van der Waals surface area contributed by atoms with Gasteiger partial charge in [0.1, 0.15) is 5.69 Å². The third-order valence-electron chi connectivity index (χ3n) is 3.34. The Balaban J connectivity index is 2.89. The molecule has 7 heteroatoms. The first-order valence-electron chi connectivity index (χ1n) is 6.41. The Morgan fingerprint density at radius 3 is 2.45 bits per heavy atom. The molecule has 0 unspecified atom stereocenters. The Kier molecular flexibility index (Phi) is 4.53. The summed E-state index contributed by atoms with van der Waals surface area (Å²) in [5.74, 6) is -0.327. The maximum atomic E-state index is 12.2. The zero-order chi connectivity index (χ0) is 15.7. The number of rotatable bonds is 5. The molecular weight excluding hydrogens is 278 g/mol. The summed E-state index contributed by atoms with van der Waals surface area (Å²) in [7, 11) is -3.25. The molecule has 0 aromatic carbocycles. The van der Waals surface area contributed by atoms with E-state index in [2.05, 4.69) is 5.32 Å². The fourth-order valence-corrected chi connectivity index (χ4v) is 1.96. The number of anilines is 1. The quantitative estimate of drug-likeness (QED) is 0.854. The lowest BCUT2D eigenvalue weighted by atomic mass is 10.2.